The molecule has 0 aliphatic carbocycles. The van der Waals surface area contributed by atoms with Crippen molar-refractivity contribution in [3.05, 3.63) is 35.4 Å². The lowest BCUT2D eigenvalue weighted by Crippen LogP contribution is -2.25. The van der Waals surface area contributed by atoms with E-state index in [2.05, 4.69) is 13.8 Å². The minimum Gasteiger partial charge on any atom is -0.204 e. The summed E-state index contributed by atoms with van der Waals surface area (Å²) in [5, 5.41) is 0. The lowest BCUT2D eigenvalue weighted by Gasteiger charge is -2.31. The van der Waals surface area contributed by atoms with Crippen molar-refractivity contribution in [1.82, 2.24) is 0 Å². The molecule has 102 valence electrons. The van der Waals surface area contributed by atoms with Gasteiger partial charge in [-0.25, -0.2) is 8.78 Å². The Bertz CT molecular complexity index is 373. The lowest BCUT2D eigenvalue weighted by molar-refractivity contribution is 0.274. The van der Waals surface area contributed by atoms with Crippen LogP contribution in [0.1, 0.15) is 45.1 Å². The van der Waals surface area contributed by atoms with Gasteiger partial charge in [0.2, 0.25) is 0 Å². The van der Waals surface area contributed by atoms with Gasteiger partial charge in [0.25, 0.3) is 0 Å². The number of halogens is 3. The van der Waals surface area contributed by atoms with Crippen LogP contribution in [-0.4, -0.2) is 5.88 Å². The Morgan fingerprint density at radius 2 is 1.94 bits per heavy atom. The molecule has 0 heterocycles. The van der Waals surface area contributed by atoms with E-state index < -0.39 is 11.6 Å². The molecular weight excluding hydrogens is 254 g/mol. The number of unbranched alkanes of at least 4 members (excludes halogenated alkanes) is 1. The Morgan fingerprint density at radius 3 is 2.50 bits per heavy atom. The van der Waals surface area contributed by atoms with Crippen LogP contribution in [0.4, 0.5) is 8.78 Å². The largest absolute Gasteiger partial charge is 0.204 e. The number of hydrogen-bond donors (Lipinski definition) is 0. The van der Waals surface area contributed by atoms with E-state index in [-0.39, 0.29) is 5.41 Å². The van der Waals surface area contributed by atoms with Gasteiger partial charge >= 0.3 is 0 Å². The summed E-state index contributed by atoms with van der Waals surface area (Å²) >= 11 is 6.09. The summed E-state index contributed by atoms with van der Waals surface area (Å²) in [6, 6.07) is 4.36. The molecule has 0 saturated heterocycles. The van der Waals surface area contributed by atoms with Gasteiger partial charge in [-0.05, 0) is 36.3 Å². The molecule has 0 N–H and O–H groups in total. The molecule has 1 atom stereocenters. The van der Waals surface area contributed by atoms with Gasteiger partial charge in [-0.2, -0.15) is 0 Å². The summed E-state index contributed by atoms with van der Waals surface area (Å²) in [4.78, 5) is 0. The van der Waals surface area contributed by atoms with E-state index in [0.717, 1.165) is 31.7 Å². The second-order valence-corrected chi connectivity index (χ2v) is 5.25. The molecule has 18 heavy (non-hydrogen) atoms. The number of alkyl halides is 1. The first-order chi connectivity index (χ1) is 8.58. The van der Waals surface area contributed by atoms with Crippen molar-refractivity contribution in [3.8, 4) is 0 Å². The van der Waals surface area contributed by atoms with Crippen LogP contribution < -0.4 is 0 Å². The summed E-state index contributed by atoms with van der Waals surface area (Å²) in [5.74, 6) is -1.01. The van der Waals surface area contributed by atoms with Crippen LogP contribution in [0.5, 0.6) is 0 Å². The molecule has 0 aromatic heterocycles. The fraction of sp³-hybridized carbons (Fsp3) is 0.600. The van der Waals surface area contributed by atoms with Crippen molar-refractivity contribution in [3.63, 3.8) is 0 Å². The molecule has 1 aromatic carbocycles. The van der Waals surface area contributed by atoms with Gasteiger partial charge in [0.1, 0.15) is 0 Å². The molecular formula is C15H21ClF2. The molecule has 0 fully saturated rings. The summed E-state index contributed by atoms with van der Waals surface area (Å²) in [5.41, 5.74) is 0.320. The molecule has 1 unspecified atom stereocenters. The first kappa shape index (κ1) is 15.4. The highest BCUT2D eigenvalue weighted by Crippen LogP contribution is 2.35. The maximum atomic E-state index is 13.7. The fourth-order valence-corrected chi connectivity index (χ4v) is 2.66. The fourth-order valence-electron chi connectivity index (χ4n) is 2.24. The Hall–Kier alpha value is -0.630. The Kier molecular flexibility index (Phi) is 6.07. The minimum atomic E-state index is -0.775. The molecule has 3 heteroatoms. The molecule has 0 nitrogen and oxygen atoms in total. The van der Waals surface area contributed by atoms with Crippen molar-refractivity contribution >= 4 is 11.6 Å². The van der Waals surface area contributed by atoms with Crippen LogP contribution in [0.3, 0.4) is 0 Å². The number of hydrogen-bond acceptors (Lipinski definition) is 0. The smallest absolute Gasteiger partial charge is 0.162 e. The molecule has 0 saturated carbocycles. The van der Waals surface area contributed by atoms with Crippen molar-refractivity contribution in [1.29, 1.82) is 0 Å². The predicted molar refractivity (Wildman–Crippen MR) is 73.0 cm³/mol. The lowest BCUT2D eigenvalue weighted by atomic mass is 9.77. The molecule has 0 amide bonds. The van der Waals surface area contributed by atoms with Gasteiger partial charge in [-0.1, -0.05) is 38.8 Å². The first-order valence-electron chi connectivity index (χ1n) is 6.57. The number of rotatable bonds is 7. The van der Waals surface area contributed by atoms with Crippen LogP contribution in [0.15, 0.2) is 18.2 Å². The van der Waals surface area contributed by atoms with E-state index in [1.807, 2.05) is 0 Å². The Morgan fingerprint density at radius 1 is 1.22 bits per heavy atom. The van der Waals surface area contributed by atoms with E-state index in [9.17, 15) is 8.78 Å². The minimum absolute atomic E-state index is 0.119. The molecule has 0 aliphatic rings. The zero-order valence-corrected chi connectivity index (χ0v) is 11.9. The predicted octanol–water partition coefficient (Wildman–Crippen LogP) is 5.33. The SMILES string of the molecule is CCCCC(CC)(CCl)Cc1cccc(F)c1F. The number of benzene rings is 1. The van der Waals surface area contributed by atoms with Crippen molar-refractivity contribution < 1.29 is 8.78 Å². The van der Waals surface area contributed by atoms with E-state index in [4.69, 9.17) is 11.6 Å². The molecule has 0 bridgehead atoms. The highest BCUT2D eigenvalue weighted by Gasteiger charge is 2.28. The first-order valence-corrected chi connectivity index (χ1v) is 7.11. The molecule has 1 rings (SSSR count). The highest BCUT2D eigenvalue weighted by molar-refractivity contribution is 6.18. The summed E-state index contributed by atoms with van der Waals surface area (Å²) in [6.07, 6.45) is 4.50. The third kappa shape index (κ3) is 3.68. The third-order valence-corrected chi connectivity index (χ3v) is 4.26. The highest BCUT2D eigenvalue weighted by atomic mass is 35.5. The van der Waals surface area contributed by atoms with Gasteiger partial charge in [-0.3, -0.25) is 0 Å². The van der Waals surface area contributed by atoms with Gasteiger partial charge in [0, 0.05) is 5.88 Å². The van der Waals surface area contributed by atoms with Gasteiger partial charge < -0.3 is 0 Å². The van der Waals surface area contributed by atoms with Crippen molar-refractivity contribution in [2.24, 2.45) is 5.41 Å². The van der Waals surface area contributed by atoms with E-state index in [1.165, 1.54) is 0 Å². The van der Waals surface area contributed by atoms with Crippen LogP contribution in [-0.2, 0) is 6.42 Å². The maximum Gasteiger partial charge on any atom is 0.162 e. The average molecular weight is 275 g/mol. The van der Waals surface area contributed by atoms with Gasteiger partial charge in [0.05, 0.1) is 0 Å². The standard InChI is InChI=1S/C15H21ClF2/c1-3-5-9-15(4-2,11-16)10-12-7-6-8-13(17)14(12)18/h6-8H,3-5,9-11H2,1-2H3. The van der Waals surface area contributed by atoms with E-state index in [1.54, 1.807) is 12.1 Å². The summed E-state index contributed by atoms with van der Waals surface area (Å²) in [7, 11) is 0. The quantitative estimate of drug-likeness (QED) is 0.589. The van der Waals surface area contributed by atoms with Crippen LogP contribution in [0.2, 0.25) is 0 Å². The normalized spacial score (nSPS) is 14.5. The van der Waals surface area contributed by atoms with Crippen molar-refractivity contribution in [2.75, 3.05) is 5.88 Å². The van der Waals surface area contributed by atoms with Crippen LogP contribution in [0, 0.1) is 17.0 Å². The topological polar surface area (TPSA) is 0 Å². The van der Waals surface area contributed by atoms with E-state index in [0.29, 0.717) is 17.9 Å². The summed E-state index contributed by atoms with van der Waals surface area (Å²) in [6.45, 7) is 4.19. The maximum absolute atomic E-state index is 13.7. The van der Waals surface area contributed by atoms with Crippen LogP contribution in [0.25, 0.3) is 0 Å². The van der Waals surface area contributed by atoms with Crippen molar-refractivity contribution in [2.45, 2.75) is 46.0 Å². The second-order valence-electron chi connectivity index (χ2n) is 4.98. The Labute approximate surface area is 113 Å². The summed E-state index contributed by atoms with van der Waals surface area (Å²) < 4.78 is 26.9. The zero-order chi connectivity index (χ0) is 13.6. The van der Waals surface area contributed by atoms with Gasteiger partial charge in [0.15, 0.2) is 11.6 Å². The second kappa shape index (κ2) is 7.08. The Balaban J connectivity index is 2.92. The monoisotopic (exact) mass is 274 g/mol. The van der Waals surface area contributed by atoms with Gasteiger partial charge in [-0.15, -0.1) is 11.6 Å². The van der Waals surface area contributed by atoms with Crippen LogP contribution >= 0.6 is 11.6 Å². The van der Waals surface area contributed by atoms with E-state index >= 15 is 0 Å². The molecule has 0 radical (unpaired) electrons. The molecule has 0 spiro atoms. The zero-order valence-electron chi connectivity index (χ0n) is 11.1. The average Bonchev–Trinajstić information content (AvgIpc) is 2.40. The third-order valence-electron chi connectivity index (χ3n) is 3.69. The molecule has 1 aromatic rings. The molecule has 0 aliphatic heterocycles.